The molecule has 3 heteroatoms. The van der Waals surface area contributed by atoms with E-state index in [0.717, 1.165) is 26.9 Å². The third-order valence-electron chi connectivity index (χ3n) is 4.76. The number of ether oxygens (including phenoxy) is 1. The minimum Gasteiger partial charge on any atom is -0.425 e. The predicted molar refractivity (Wildman–Crippen MR) is 105 cm³/mol. The number of hydrogen-bond donors (Lipinski definition) is 0. The Morgan fingerprint density at radius 2 is 1.56 bits per heavy atom. The Morgan fingerprint density at radius 1 is 0.920 bits per heavy atom. The first-order chi connectivity index (χ1) is 11.5. The van der Waals surface area contributed by atoms with E-state index < -0.39 is 0 Å². The van der Waals surface area contributed by atoms with Gasteiger partial charge in [0.05, 0.1) is 0 Å². The van der Waals surface area contributed by atoms with E-state index in [0.29, 0.717) is 0 Å². The second kappa shape index (κ2) is 5.98. The lowest BCUT2D eigenvalue weighted by Crippen LogP contribution is -2.17. The van der Waals surface area contributed by atoms with Crippen LogP contribution in [0.15, 0.2) is 40.9 Å². The van der Waals surface area contributed by atoms with Gasteiger partial charge in [0.1, 0.15) is 11.7 Å². The Morgan fingerprint density at radius 3 is 2.12 bits per heavy atom. The molecule has 0 saturated carbocycles. The van der Waals surface area contributed by atoms with E-state index in [4.69, 9.17) is 4.74 Å². The van der Waals surface area contributed by atoms with Crippen LogP contribution >= 0.6 is 15.9 Å². The molecule has 0 saturated heterocycles. The molecule has 1 unspecified atom stereocenters. The van der Waals surface area contributed by atoms with Gasteiger partial charge in [-0.3, -0.25) is 4.79 Å². The Hall–Kier alpha value is -1.61. The molecule has 0 aliphatic carbocycles. The van der Waals surface area contributed by atoms with Gasteiger partial charge in [-0.2, -0.15) is 0 Å². The van der Waals surface area contributed by atoms with Gasteiger partial charge in [-0.1, -0.05) is 87.8 Å². The molecular weight excluding hydrogens is 376 g/mol. The summed E-state index contributed by atoms with van der Waals surface area (Å²) in [5.74, 6) is 0.165. The Kier molecular flexibility index (Phi) is 4.35. The molecule has 2 aromatic carbocycles. The van der Waals surface area contributed by atoms with Crippen LogP contribution in [-0.4, -0.2) is 5.97 Å². The van der Waals surface area contributed by atoms with Gasteiger partial charge in [-0.05, 0) is 28.0 Å². The molecule has 25 heavy (non-hydrogen) atoms. The summed E-state index contributed by atoms with van der Waals surface area (Å²) in [6.45, 7) is 13.1. The summed E-state index contributed by atoms with van der Waals surface area (Å²) < 4.78 is 6.73. The average Bonchev–Trinajstić information content (AvgIpc) is 2.80. The van der Waals surface area contributed by atoms with Crippen LogP contribution in [-0.2, 0) is 15.6 Å². The largest absolute Gasteiger partial charge is 0.425 e. The molecule has 0 N–H and O–H groups in total. The van der Waals surface area contributed by atoms with Gasteiger partial charge in [0.15, 0.2) is 0 Å². The van der Waals surface area contributed by atoms with Crippen LogP contribution in [0.3, 0.4) is 0 Å². The number of carbonyl (C=O) groups excluding carboxylic acids is 1. The highest BCUT2D eigenvalue weighted by Gasteiger charge is 2.40. The topological polar surface area (TPSA) is 26.3 Å². The summed E-state index contributed by atoms with van der Waals surface area (Å²) in [6, 6.07) is 12.2. The van der Waals surface area contributed by atoms with Gasteiger partial charge < -0.3 is 4.74 Å². The number of halogens is 1. The number of carbonyl (C=O) groups is 1. The van der Waals surface area contributed by atoms with Crippen molar-refractivity contribution in [2.24, 2.45) is 0 Å². The van der Waals surface area contributed by atoms with Crippen molar-refractivity contribution in [2.45, 2.75) is 58.3 Å². The van der Waals surface area contributed by atoms with Gasteiger partial charge in [0.25, 0.3) is 0 Å². The smallest absolute Gasteiger partial charge is 0.323 e. The summed E-state index contributed by atoms with van der Waals surface area (Å²) in [5, 5.41) is 0. The fourth-order valence-corrected chi connectivity index (χ4v) is 3.77. The lowest BCUT2D eigenvalue weighted by Gasteiger charge is -2.27. The van der Waals surface area contributed by atoms with Crippen molar-refractivity contribution in [3.05, 3.63) is 63.1 Å². The minimum absolute atomic E-state index is 0.000856. The molecule has 0 amide bonds. The highest BCUT2D eigenvalue weighted by molar-refractivity contribution is 9.10. The summed E-state index contributed by atoms with van der Waals surface area (Å²) in [7, 11) is 0. The standard InChI is InChI=1S/C22H25BrO2/c1-21(2,3)13-11-15-18(14-9-7-8-10-17(14)23)20(24)25-19(15)16(12-13)22(4,5)6/h7-12,18H,1-6H3. The molecule has 0 radical (unpaired) electrons. The number of fused-ring (bicyclic) bond motifs is 1. The van der Waals surface area contributed by atoms with Crippen LogP contribution in [0, 0.1) is 0 Å². The number of hydrogen-bond acceptors (Lipinski definition) is 2. The van der Waals surface area contributed by atoms with Crippen LogP contribution in [0.1, 0.15) is 69.7 Å². The average molecular weight is 401 g/mol. The van der Waals surface area contributed by atoms with Crippen LogP contribution in [0.5, 0.6) is 5.75 Å². The van der Waals surface area contributed by atoms with Crippen LogP contribution in [0.25, 0.3) is 0 Å². The molecule has 1 aliphatic rings. The third kappa shape index (κ3) is 3.27. The van der Waals surface area contributed by atoms with Gasteiger partial charge in [0, 0.05) is 15.6 Å². The molecule has 0 spiro atoms. The van der Waals surface area contributed by atoms with E-state index in [-0.39, 0.29) is 22.7 Å². The van der Waals surface area contributed by atoms with Gasteiger partial charge >= 0.3 is 5.97 Å². The van der Waals surface area contributed by atoms with Gasteiger partial charge in [0.2, 0.25) is 0 Å². The third-order valence-corrected chi connectivity index (χ3v) is 5.48. The van der Waals surface area contributed by atoms with Gasteiger partial charge in [-0.25, -0.2) is 0 Å². The quantitative estimate of drug-likeness (QED) is 0.427. The van der Waals surface area contributed by atoms with Crippen molar-refractivity contribution >= 4 is 21.9 Å². The zero-order valence-electron chi connectivity index (χ0n) is 15.7. The van der Waals surface area contributed by atoms with E-state index in [1.165, 1.54) is 5.56 Å². The maximum atomic E-state index is 12.8. The predicted octanol–water partition coefficient (Wildman–Crippen LogP) is 6.10. The van der Waals surface area contributed by atoms with E-state index in [1.807, 2.05) is 24.3 Å². The van der Waals surface area contributed by atoms with Crippen LogP contribution in [0.4, 0.5) is 0 Å². The van der Waals surface area contributed by atoms with Crippen molar-refractivity contribution in [1.29, 1.82) is 0 Å². The van der Waals surface area contributed by atoms with Crippen molar-refractivity contribution in [3.63, 3.8) is 0 Å². The molecular formula is C22H25BrO2. The summed E-state index contributed by atoms with van der Waals surface area (Å²) >= 11 is 3.59. The second-order valence-electron chi connectivity index (χ2n) is 8.82. The fraction of sp³-hybridized carbons (Fsp3) is 0.409. The molecule has 0 fully saturated rings. The lowest BCUT2D eigenvalue weighted by atomic mass is 9.77. The highest BCUT2D eigenvalue weighted by atomic mass is 79.9. The normalized spacial score (nSPS) is 17.4. The molecule has 3 rings (SSSR count). The van der Waals surface area contributed by atoms with Gasteiger partial charge in [-0.15, -0.1) is 0 Å². The second-order valence-corrected chi connectivity index (χ2v) is 9.67. The van der Waals surface area contributed by atoms with E-state index in [1.54, 1.807) is 0 Å². The minimum atomic E-state index is -0.381. The zero-order valence-corrected chi connectivity index (χ0v) is 17.3. The molecule has 132 valence electrons. The molecule has 1 heterocycles. The Labute approximate surface area is 158 Å². The summed E-state index contributed by atoms with van der Waals surface area (Å²) in [5.41, 5.74) is 4.16. The number of rotatable bonds is 1. The van der Waals surface area contributed by atoms with Crippen molar-refractivity contribution < 1.29 is 9.53 Å². The van der Waals surface area contributed by atoms with Crippen molar-refractivity contribution in [2.75, 3.05) is 0 Å². The Bertz CT molecular complexity index is 838. The maximum absolute atomic E-state index is 12.8. The first-order valence-corrected chi connectivity index (χ1v) is 9.44. The monoisotopic (exact) mass is 400 g/mol. The fourth-order valence-electron chi connectivity index (χ4n) is 3.26. The maximum Gasteiger partial charge on any atom is 0.323 e. The molecule has 0 bridgehead atoms. The van der Waals surface area contributed by atoms with E-state index >= 15 is 0 Å². The Balaban J connectivity index is 2.29. The first kappa shape index (κ1) is 18.2. The van der Waals surface area contributed by atoms with Crippen molar-refractivity contribution in [1.82, 2.24) is 0 Å². The summed E-state index contributed by atoms with van der Waals surface area (Å²) in [6.07, 6.45) is 0. The number of esters is 1. The van der Waals surface area contributed by atoms with E-state index in [9.17, 15) is 4.79 Å². The summed E-state index contributed by atoms with van der Waals surface area (Å²) in [4.78, 5) is 12.8. The van der Waals surface area contributed by atoms with Crippen molar-refractivity contribution in [3.8, 4) is 5.75 Å². The van der Waals surface area contributed by atoms with Crippen LogP contribution < -0.4 is 4.74 Å². The lowest BCUT2D eigenvalue weighted by molar-refractivity contribution is -0.133. The molecule has 0 aromatic heterocycles. The molecule has 1 aliphatic heterocycles. The van der Waals surface area contributed by atoms with Crippen LogP contribution in [0.2, 0.25) is 0 Å². The molecule has 2 nitrogen and oxygen atoms in total. The SMILES string of the molecule is CC(C)(C)c1cc2c(c(C(C)(C)C)c1)OC(=O)C2c1ccccc1Br. The first-order valence-electron chi connectivity index (χ1n) is 8.65. The van der Waals surface area contributed by atoms with E-state index in [2.05, 4.69) is 69.6 Å². The molecule has 2 aromatic rings. The molecule has 1 atom stereocenters. The number of benzene rings is 2. The highest BCUT2D eigenvalue weighted by Crippen LogP contribution is 2.48. The zero-order chi connectivity index (χ0) is 18.6.